The van der Waals surface area contributed by atoms with Crippen LogP contribution in [0, 0.1) is 0 Å². The largest absolute Gasteiger partial charge is 0.468 e. The number of nitrogens with zero attached hydrogens (tertiary/aromatic N) is 1. The summed E-state index contributed by atoms with van der Waals surface area (Å²) in [6, 6.07) is 17.2. The van der Waals surface area contributed by atoms with E-state index in [0.29, 0.717) is 10.8 Å². The van der Waals surface area contributed by atoms with Gasteiger partial charge in [0.15, 0.2) is 9.84 Å². The normalized spacial score (nSPS) is 16.4. The molecule has 6 nitrogen and oxygen atoms in total. The first-order valence-electron chi connectivity index (χ1n) is 9.86. The molecule has 0 unspecified atom stereocenters. The molecule has 2 aromatic carbocycles. The lowest BCUT2D eigenvalue weighted by atomic mass is 10.1. The Morgan fingerprint density at radius 3 is 2.26 bits per heavy atom. The molecule has 0 radical (unpaired) electrons. The van der Waals surface area contributed by atoms with Gasteiger partial charge in [0, 0.05) is 18.1 Å². The van der Waals surface area contributed by atoms with Crippen LogP contribution in [-0.4, -0.2) is 39.5 Å². The second-order valence-corrected chi connectivity index (χ2v) is 12.2. The van der Waals surface area contributed by atoms with Crippen molar-refractivity contribution < 1.29 is 21.3 Å². The molecule has 31 heavy (non-hydrogen) atoms. The Hall–Kier alpha value is -2.13. The summed E-state index contributed by atoms with van der Waals surface area (Å²) in [5.41, 5.74) is 1.64. The Morgan fingerprint density at radius 2 is 1.61 bits per heavy atom. The predicted molar refractivity (Wildman–Crippen MR) is 120 cm³/mol. The van der Waals surface area contributed by atoms with Crippen LogP contribution in [0.5, 0.6) is 0 Å². The molecule has 164 valence electrons. The maximum absolute atomic E-state index is 13.2. The summed E-state index contributed by atoms with van der Waals surface area (Å²) >= 11 is 5.94. The minimum Gasteiger partial charge on any atom is -0.468 e. The van der Waals surface area contributed by atoms with Gasteiger partial charge >= 0.3 is 0 Å². The number of hydrogen-bond donors (Lipinski definition) is 0. The summed E-state index contributed by atoms with van der Waals surface area (Å²) < 4.78 is 58.2. The molecule has 1 saturated heterocycles. The Balaban J connectivity index is 1.48. The van der Waals surface area contributed by atoms with Gasteiger partial charge in [0.05, 0.1) is 16.4 Å². The topological polar surface area (TPSA) is 84.7 Å². The van der Waals surface area contributed by atoms with Crippen LogP contribution in [0.4, 0.5) is 0 Å². The van der Waals surface area contributed by atoms with Gasteiger partial charge in [-0.2, -0.15) is 4.31 Å². The highest BCUT2D eigenvalue weighted by atomic mass is 35.5. The number of benzene rings is 2. The van der Waals surface area contributed by atoms with Gasteiger partial charge < -0.3 is 4.42 Å². The van der Waals surface area contributed by atoms with Crippen molar-refractivity contribution in [1.82, 2.24) is 4.31 Å². The van der Waals surface area contributed by atoms with E-state index < -0.39 is 25.1 Å². The van der Waals surface area contributed by atoms with Gasteiger partial charge in [-0.3, -0.25) is 0 Å². The minimum absolute atomic E-state index is 0.162. The average molecular weight is 480 g/mol. The quantitative estimate of drug-likeness (QED) is 0.524. The van der Waals surface area contributed by atoms with Gasteiger partial charge in [-0.25, -0.2) is 16.8 Å². The molecule has 0 N–H and O–H groups in total. The minimum atomic E-state index is -3.73. The van der Waals surface area contributed by atoms with E-state index in [0.717, 1.165) is 11.1 Å². The van der Waals surface area contributed by atoms with E-state index in [1.807, 2.05) is 18.2 Å². The maximum Gasteiger partial charge on any atom is 0.243 e. The van der Waals surface area contributed by atoms with Gasteiger partial charge in [0.25, 0.3) is 0 Å². The number of furan rings is 1. The summed E-state index contributed by atoms with van der Waals surface area (Å²) in [6.45, 7) is 0.325. The molecular weight excluding hydrogens is 458 g/mol. The Kier molecular flexibility index (Phi) is 6.25. The molecule has 0 aliphatic carbocycles. The van der Waals surface area contributed by atoms with Crippen LogP contribution >= 0.6 is 11.6 Å². The first-order valence-corrected chi connectivity index (χ1v) is 13.4. The monoisotopic (exact) mass is 479 g/mol. The fourth-order valence-corrected chi connectivity index (χ4v) is 7.14. The molecule has 0 atom stereocenters. The summed E-state index contributed by atoms with van der Waals surface area (Å²) in [7, 11) is -7.14. The third-order valence-electron chi connectivity index (χ3n) is 5.48. The van der Waals surface area contributed by atoms with Crippen molar-refractivity contribution in [2.24, 2.45) is 0 Å². The van der Waals surface area contributed by atoms with Crippen LogP contribution in [0.25, 0.3) is 11.1 Å². The second kappa shape index (κ2) is 8.78. The van der Waals surface area contributed by atoms with Gasteiger partial charge in [0.1, 0.15) is 11.5 Å². The molecule has 0 amide bonds. The predicted octanol–water partition coefficient (Wildman–Crippen LogP) is 4.37. The Bertz CT molecular complexity index is 1250. The molecule has 9 heteroatoms. The number of sulfonamides is 1. The Labute approximate surface area is 187 Å². The summed E-state index contributed by atoms with van der Waals surface area (Å²) in [5.74, 6) is 0.231. The van der Waals surface area contributed by atoms with Crippen molar-refractivity contribution in [2.75, 3.05) is 13.1 Å². The van der Waals surface area contributed by atoms with E-state index in [4.69, 9.17) is 16.0 Å². The number of hydrogen-bond acceptors (Lipinski definition) is 5. The molecule has 1 aromatic heterocycles. The highest BCUT2D eigenvalue weighted by molar-refractivity contribution is 7.91. The molecule has 4 rings (SSSR count). The highest BCUT2D eigenvalue weighted by Gasteiger charge is 2.35. The Morgan fingerprint density at radius 1 is 0.903 bits per heavy atom. The van der Waals surface area contributed by atoms with Crippen LogP contribution in [0.3, 0.4) is 0 Å². The molecule has 1 aliphatic heterocycles. The van der Waals surface area contributed by atoms with Crippen LogP contribution in [0.1, 0.15) is 18.6 Å². The van der Waals surface area contributed by atoms with Crippen molar-refractivity contribution in [1.29, 1.82) is 0 Å². The van der Waals surface area contributed by atoms with Gasteiger partial charge in [-0.15, -0.1) is 0 Å². The average Bonchev–Trinajstić information content (AvgIpc) is 3.27. The van der Waals surface area contributed by atoms with Gasteiger partial charge in [-0.05, 0) is 60.4 Å². The summed E-state index contributed by atoms with van der Waals surface area (Å²) in [4.78, 5) is 0.192. The van der Waals surface area contributed by atoms with Crippen molar-refractivity contribution in [3.63, 3.8) is 0 Å². The zero-order valence-corrected chi connectivity index (χ0v) is 19.0. The summed E-state index contributed by atoms with van der Waals surface area (Å²) in [6.07, 6.45) is 1.97. The molecule has 0 bridgehead atoms. The van der Waals surface area contributed by atoms with Crippen LogP contribution in [0.2, 0.25) is 5.02 Å². The zero-order valence-electron chi connectivity index (χ0n) is 16.6. The fraction of sp³-hybridized carbons (Fsp3) is 0.273. The lowest BCUT2D eigenvalue weighted by Gasteiger charge is -2.31. The zero-order chi connectivity index (χ0) is 22.1. The van der Waals surface area contributed by atoms with Gasteiger partial charge in [0.2, 0.25) is 10.0 Å². The van der Waals surface area contributed by atoms with E-state index in [-0.39, 0.29) is 36.6 Å². The van der Waals surface area contributed by atoms with E-state index in [1.54, 1.807) is 42.5 Å². The fourth-order valence-electron chi connectivity index (χ4n) is 3.77. The van der Waals surface area contributed by atoms with Crippen molar-refractivity contribution >= 4 is 31.5 Å². The van der Waals surface area contributed by atoms with Crippen LogP contribution in [-0.2, 0) is 25.6 Å². The van der Waals surface area contributed by atoms with E-state index in [1.165, 1.54) is 10.6 Å². The van der Waals surface area contributed by atoms with Crippen molar-refractivity contribution in [3.05, 3.63) is 77.7 Å². The number of rotatable bonds is 6. The van der Waals surface area contributed by atoms with Crippen molar-refractivity contribution in [3.8, 4) is 11.1 Å². The van der Waals surface area contributed by atoms with Crippen LogP contribution < -0.4 is 0 Å². The molecule has 1 aliphatic rings. The lowest BCUT2D eigenvalue weighted by molar-refractivity contribution is 0.345. The van der Waals surface area contributed by atoms with E-state index in [9.17, 15) is 16.8 Å². The molecular formula is C22H22ClNO5S2. The number of piperidine rings is 1. The molecule has 2 heterocycles. The first kappa shape index (κ1) is 22.1. The van der Waals surface area contributed by atoms with Gasteiger partial charge in [-0.1, -0.05) is 35.9 Å². The second-order valence-electron chi connectivity index (χ2n) is 7.52. The molecule has 0 spiro atoms. The number of sulfone groups is 1. The molecule has 0 saturated carbocycles. The number of halogens is 1. The standard InChI is InChI=1S/C22H22ClNO5S2/c23-19-8-6-17(7-9-19)18-3-1-5-22(15-18)31(27,28)24-12-10-21(11-13-24)30(25,26)16-20-4-2-14-29-20/h1-9,14-15,21H,10-13,16H2. The third kappa shape index (κ3) is 4.87. The molecule has 3 aromatic rings. The lowest BCUT2D eigenvalue weighted by Crippen LogP contribution is -2.42. The SMILES string of the molecule is O=S(=O)(Cc1ccco1)C1CCN(S(=O)(=O)c2cccc(-c3ccc(Cl)cc3)c2)CC1. The third-order valence-corrected chi connectivity index (χ3v) is 9.80. The summed E-state index contributed by atoms with van der Waals surface area (Å²) in [5, 5.41) is 0.0295. The van der Waals surface area contributed by atoms with E-state index >= 15 is 0 Å². The smallest absolute Gasteiger partial charge is 0.243 e. The van der Waals surface area contributed by atoms with Crippen LogP contribution in [0.15, 0.2) is 76.2 Å². The highest BCUT2D eigenvalue weighted by Crippen LogP contribution is 2.29. The molecule has 1 fully saturated rings. The maximum atomic E-state index is 13.2. The van der Waals surface area contributed by atoms with Crippen molar-refractivity contribution in [2.45, 2.75) is 28.7 Å². The first-order chi connectivity index (χ1) is 14.8. The van der Waals surface area contributed by atoms with E-state index in [2.05, 4.69) is 0 Å².